The van der Waals surface area contributed by atoms with Gasteiger partial charge >= 0.3 is 24.1 Å². The van der Waals surface area contributed by atoms with Gasteiger partial charge in [-0.2, -0.15) is 0 Å². The van der Waals surface area contributed by atoms with Gasteiger partial charge in [-0.25, -0.2) is 9.59 Å². The van der Waals surface area contributed by atoms with Gasteiger partial charge in [-0.05, 0) is 98.3 Å². The average molecular weight is 1250 g/mol. The Kier molecular flexibility index (Phi) is 55.9. The first-order valence-electron chi connectivity index (χ1n) is 33.9. The molecule has 0 aliphatic heterocycles. The minimum absolute atomic E-state index is 0.0526. The number of hydrogen-bond donors (Lipinski definition) is 0. The van der Waals surface area contributed by atoms with Crippen LogP contribution in [0.4, 0.5) is 9.59 Å². The molecule has 0 aromatic heterocycles. The lowest BCUT2D eigenvalue weighted by molar-refractivity contribution is -0.147. The zero-order chi connectivity index (χ0) is 64.4. The Balaban J connectivity index is 4.33. The molecule has 19 heteroatoms. The number of ether oxygens (including phenoxy) is 13. The number of carbonyl (C=O) groups excluding carboxylic acids is 4. The lowest BCUT2D eigenvalue weighted by Gasteiger charge is -2.27. The number of allylic oxidation sites excluding steroid dienone is 2. The number of esters is 2. The summed E-state index contributed by atoms with van der Waals surface area (Å²) in [6, 6.07) is 0. The summed E-state index contributed by atoms with van der Waals surface area (Å²) < 4.78 is 73.0. The largest absolute Gasteiger partial charge is 0.462 e. The van der Waals surface area contributed by atoms with Gasteiger partial charge in [0.2, 0.25) is 0 Å². The van der Waals surface area contributed by atoms with Crippen LogP contribution in [0.1, 0.15) is 230 Å². The van der Waals surface area contributed by atoms with E-state index in [0.717, 1.165) is 31.0 Å². The summed E-state index contributed by atoms with van der Waals surface area (Å²) in [6.45, 7) is 25.3. The van der Waals surface area contributed by atoms with Crippen LogP contribution in [0, 0.1) is 5.41 Å². The molecule has 0 bridgehead atoms. The second-order valence-electron chi connectivity index (χ2n) is 25.4. The van der Waals surface area contributed by atoms with E-state index in [4.69, 9.17) is 61.6 Å². The van der Waals surface area contributed by atoms with E-state index in [-0.39, 0.29) is 52.2 Å². The van der Waals surface area contributed by atoms with Crippen molar-refractivity contribution in [1.82, 2.24) is 9.80 Å². The van der Waals surface area contributed by atoms with Crippen molar-refractivity contribution in [2.45, 2.75) is 247 Å². The van der Waals surface area contributed by atoms with Crippen LogP contribution in [0.15, 0.2) is 12.2 Å². The molecular weight excluding hydrogens is 1120 g/mol. The van der Waals surface area contributed by atoms with Crippen molar-refractivity contribution in [3.8, 4) is 0 Å². The van der Waals surface area contributed by atoms with Crippen LogP contribution >= 0.6 is 0 Å². The molecule has 0 heterocycles. The highest BCUT2D eigenvalue weighted by Crippen LogP contribution is 2.30. The Morgan fingerprint density at radius 1 is 0.379 bits per heavy atom. The summed E-state index contributed by atoms with van der Waals surface area (Å²) in [5.41, 5.74) is -1.16. The second kappa shape index (κ2) is 58.0. The van der Waals surface area contributed by atoms with Crippen molar-refractivity contribution in [1.29, 1.82) is 0 Å². The molecule has 1 unspecified atom stereocenters. The number of methoxy groups -OCH3 is 1. The molecule has 0 rings (SSSR count). The third-order valence-corrected chi connectivity index (χ3v) is 14.0. The van der Waals surface area contributed by atoms with Crippen molar-refractivity contribution < 1.29 is 80.8 Å². The lowest BCUT2D eigenvalue weighted by atomic mass is 9.82. The van der Waals surface area contributed by atoms with Gasteiger partial charge in [0.1, 0.15) is 43.6 Å². The molecular formula is C68H130N2O17. The quantitative estimate of drug-likeness (QED) is 0.0241. The van der Waals surface area contributed by atoms with Crippen molar-refractivity contribution in [3.63, 3.8) is 0 Å². The number of unbranched alkanes of at least 4 members (excludes halogenated alkanes) is 19. The highest BCUT2D eigenvalue weighted by Gasteiger charge is 2.27. The van der Waals surface area contributed by atoms with Crippen LogP contribution in [-0.4, -0.2) is 203 Å². The molecule has 0 radical (unpaired) electrons. The van der Waals surface area contributed by atoms with Gasteiger partial charge in [-0.3, -0.25) is 19.4 Å². The van der Waals surface area contributed by atoms with Crippen molar-refractivity contribution in [2.24, 2.45) is 5.41 Å². The van der Waals surface area contributed by atoms with Gasteiger partial charge < -0.3 is 61.6 Å². The highest BCUT2D eigenvalue weighted by atomic mass is 16.6. The SMILES string of the molecule is CCCCCCCC/C=C\CCCCCCCCOCC(COCCOCCOCCOCCOCCOCCOC(=O)CN(CCOC(=O)CN(CCOC)C(=O)OC(C)(C)C)C(=O)OC(C)(C)C)OCCCCCCCC(C)(C)CCCCCC. The van der Waals surface area contributed by atoms with Gasteiger partial charge in [0, 0.05) is 26.9 Å². The predicted octanol–water partition coefficient (Wildman–Crippen LogP) is 14.1. The van der Waals surface area contributed by atoms with E-state index in [1.807, 2.05) is 0 Å². The van der Waals surface area contributed by atoms with E-state index in [0.29, 0.717) is 78.1 Å². The van der Waals surface area contributed by atoms with E-state index < -0.39 is 48.4 Å². The maximum atomic E-state index is 12.9. The number of rotatable bonds is 62. The van der Waals surface area contributed by atoms with Crippen LogP contribution in [0.5, 0.6) is 0 Å². The first kappa shape index (κ1) is 83.9. The molecule has 19 nitrogen and oxygen atoms in total. The minimum Gasteiger partial charge on any atom is -0.462 e. The summed E-state index contributed by atoms with van der Waals surface area (Å²) in [5, 5.41) is 0. The van der Waals surface area contributed by atoms with Crippen LogP contribution in [0.25, 0.3) is 0 Å². The fraction of sp³-hybridized carbons (Fsp3) is 0.912. The third kappa shape index (κ3) is 60.2. The molecule has 0 N–H and O–H groups in total. The fourth-order valence-corrected chi connectivity index (χ4v) is 8.98. The number of hydrogen-bond acceptors (Lipinski definition) is 17. The minimum atomic E-state index is -0.845. The molecule has 0 aliphatic rings. The van der Waals surface area contributed by atoms with E-state index in [2.05, 4.69) is 39.8 Å². The molecule has 0 aromatic rings. The lowest BCUT2D eigenvalue weighted by Crippen LogP contribution is -2.43. The van der Waals surface area contributed by atoms with Crippen LogP contribution in [-0.2, 0) is 71.2 Å². The molecule has 0 aromatic carbocycles. The van der Waals surface area contributed by atoms with Crippen LogP contribution in [0.2, 0.25) is 0 Å². The van der Waals surface area contributed by atoms with Gasteiger partial charge in [0.15, 0.2) is 0 Å². The van der Waals surface area contributed by atoms with E-state index in [1.165, 1.54) is 160 Å². The Hall–Kier alpha value is -3.14. The smallest absolute Gasteiger partial charge is 0.410 e. The molecule has 0 fully saturated rings. The van der Waals surface area contributed by atoms with Gasteiger partial charge in [0.05, 0.1) is 99.0 Å². The summed E-state index contributed by atoms with van der Waals surface area (Å²) in [5.74, 6) is -1.44. The van der Waals surface area contributed by atoms with E-state index >= 15 is 0 Å². The molecule has 2 amide bonds. The molecule has 514 valence electrons. The zero-order valence-electron chi connectivity index (χ0n) is 57.3. The maximum absolute atomic E-state index is 12.9. The number of nitrogens with zero attached hydrogens (tertiary/aromatic N) is 2. The third-order valence-electron chi connectivity index (χ3n) is 14.0. The fourth-order valence-electron chi connectivity index (χ4n) is 8.98. The predicted molar refractivity (Wildman–Crippen MR) is 345 cm³/mol. The summed E-state index contributed by atoms with van der Waals surface area (Å²) in [4.78, 5) is 53.1. The first-order chi connectivity index (χ1) is 41.8. The normalized spacial score (nSPS) is 12.4. The first-order valence-corrected chi connectivity index (χ1v) is 33.9. The molecule has 0 saturated carbocycles. The van der Waals surface area contributed by atoms with Crippen molar-refractivity contribution in [2.75, 3.05) is 152 Å². The van der Waals surface area contributed by atoms with Gasteiger partial charge in [0.25, 0.3) is 0 Å². The molecule has 0 spiro atoms. The van der Waals surface area contributed by atoms with E-state index in [9.17, 15) is 19.2 Å². The van der Waals surface area contributed by atoms with Crippen molar-refractivity contribution in [3.05, 3.63) is 12.2 Å². The Morgan fingerprint density at radius 2 is 0.724 bits per heavy atom. The Morgan fingerprint density at radius 3 is 1.16 bits per heavy atom. The second-order valence-corrected chi connectivity index (χ2v) is 25.4. The zero-order valence-corrected chi connectivity index (χ0v) is 57.3. The standard InChI is InChI=1S/C68H130N2O17/c1-12-14-16-18-19-20-21-22-23-24-25-26-27-28-31-35-41-81-59-61(83-42-36-32-29-30-34-38-68(9,10)37-33-17-15-13-2)60-82-54-53-79-50-49-77-46-45-76-47-48-78-51-52-80-55-56-85-63(72)58-70(65(74)87-67(6,7)8)40-44-84-62(71)57-69(39-43-75-11)64(73)86-66(3,4)5/h22-23,61H,12-21,24-60H2,1-11H3/b23-22-. The Bertz CT molecular complexity index is 1620. The Labute approximate surface area is 529 Å². The molecule has 87 heavy (non-hydrogen) atoms. The van der Waals surface area contributed by atoms with Crippen molar-refractivity contribution >= 4 is 24.1 Å². The number of carbonyl (C=O) groups is 4. The molecule has 0 aliphatic carbocycles. The van der Waals surface area contributed by atoms with Gasteiger partial charge in [-0.1, -0.05) is 149 Å². The van der Waals surface area contributed by atoms with E-state index in [1.54, 1.807) is 41.5 Å². The average Bonchev–Trinajstić information content (AvgIpc) is 3.65. The molecule has 0 saturated heterocycles. The van der Waals surface area contributed by atoms with Crippen LogP contribution in [0.3, 0.4) is 0 Å². The summed E-state index contributed by atoms with van der Waals surface area (Å²) >= 11 is 0. The highest BCUT2D eigenvalue weighted by molar-refractivity contribution is 5.79. The monoisotopic (exact) mass is 1250 g/mol. The molecule has 1 atom stereocenters. The summed E-state index contributed by atoms with van der Waals surface area (Å²) in [6.07, 6.45) is 35.5. The summed E-state index contributed by atoms with van der Waals surface area (Å²) in [7, 11) is 1.47. The maximum Gasteiger partial charge on any atom is 0.410 e. The number of amides is 2. The topological polar surface area (TPSA) is 195 Å². The van der Waals surface area contributed by atoms with Crippen LogP contribution < -0.4 is 0 Å². The van der Waals surface area contributed by atoms with Gasteiger partial charge in [-0.15, -0.1) is 0 Å².